The maximum absolute atomic E-state index is 11.2. The van der Waals surface area contributed by atoms with Crippen LogP contribution in [0.3, 0.4) is 0 Å². The minimum absolute atomic E-state index is 0.185. The lowest BCUT2D eigenvalue weighted by Crippen LogP contribution is -2.43. The van der Waals surface area contributed by atoms with Gasteiger partial charge in [-0.05, 0) is 0 Å². The van der Waals surface area contributed by atoms with Gasteiger partial charge >= 0.3 is 0 Å². The smallest absolute Gasteiger partial charge is 0.211 e. The molecule has 0 N–H and O–H groups in total. The van der Waals surface area contributed by atoms with Crippen LogP contribution in [-0.4, -0.2) is 63.7 Å². The minimum atomic E-state index is -3.01. The molecule has 0 aliphatic carbocycles. The van der Waals surface area contributed by atoms with Crippen LogP contribution >= 0.6 is 0 Å². The summed E-state index contributed by atoms with van der Waals surface area (Å²) in [6, 6.07) is 0.185. The van der Waals surface area contributed by atoms with Gasteiger partial charge in [-0.15, -0.1) is 0 Å². The lowest BCUT2D eigenvalue weighted by atomic mass is 10.3. The van der Waals surface area contributed by atoms with Gasteiger partial charge in [0.2, 0.25) is 10.0 Å². The van der Waals surface area contributed by atoms with Gasteiger partial charge in [0.05, 0.1) is 39.5 Å². The van der Waals surface area contributed by atoms with Crippen molar-refractivity contribution in [2.75, 3.05) is 40.5 Å². The Kier molecular flexibility index (Phi) is 2.71. The lowest BCUT2D eigenvalue weighted by Gasteiger charge is -2.25. The average molecular weight is 207 g/mol. The van der Waals surface area contributed by atoms with Crippen molar-refractivity contribution in [3.05, 3.63) is 0 Å². The summed E-state index contributed by atoms with van der Waals surface area (Å²) in [7, 11) is 2.93. The molecule has 1 aliphatic heterocycles. The number of sulfonamides is 1. The van der Waals surface area contributed by atoms with Crippen molar-refractivity contribution in [1.29, 1.82) is 0 Å². The van der Waals surface area contributed by atoms with E-state index in [-0.39, 0.29) is 6.04 Å². The summed E-state index contributed by atoms with van der Waals surface area (Å²) in [5.41, 5.74) is 0. The van der Waals surface area contributed by atoms with Crippen molar-refractivity contribution < 1.29 is 12.9 Å². The second-order valence-electron chi connectivity index (χ2n) is 4.56. The second kappa shape index (κ2) is 3.22. The molecule has 4 nitrogen and oxygen atoms in total. The zero-order chi connectivity index (χ0) is 10.3. The zero-order valence-electron chi connectivity index (χ0n) is 8.82. The van der Waals surface area contributed by atoms with Gasteiger partial charge in [0, 0.05) is 13.5 Å². The number of hydrogen-bond acceptors (Lipinski definition) is 2. The maximum Gasteiger partial charge on any atom is 0.211 e. The molecule has 0 unspecified atom stereocenters. The van der Waals surface area contributed by atoms with Crippen LogP contribution in [0, 0.1) is 0 Å². The largest absolute Gasteiger partial charge is 0.327 e. The monoisotopic (exact) mass is 207 g/mol. The molecule has 0 spiro atoms. The Bertz CT molecular complexity index is 285. The number of hydrogen-bond donors (Lipinski definition) is 0. The van der Waals surface area contributed by atoms with E-state index >= 15 is 0 Å². The van der Waals surface area contributed by atoms with Crippen molar-refractivity contribution in [3.63, 3.8) is 0 Å². The van der Waals surface area contributed by atoms with Crippen LogP contribution in [0.15, 0.2) is 0 Å². The van der Waals surface area contributed by atoms with Crippen molar-refractivity contribution in [1.82, 2.24) is 4.31 Å². The van der Waals surface area contributed by atoms with Gasteiger partial charge in [-0.2, -0.15) is 4.31 Å². The molecular formula is C8H19N2O2S+. The highest BCUT2D eigenvalue weighted by atomic mass is 32.2. The normalized spacial score (nSPS) is 28.2. The molecule has 0 amide bonds. The van der Waals surface area contributed by atoms with E-state index in [1.54, 1.807) is 7.05 Å². The Morgan fingerprint density at radius 1 is 1.38 bits per heavy atom. The fourth-order valence-corrected chi connectivity index (χ4v) is 2.53. The van der Waals surface area contributed by atoms with Crippen LogP contribution in [-0.2, 0) is 10.0 Å². The third-order valence-electron chi connectivity index (χ3n) is 2.81. The Labute approximate surface area is 80.8 Å². The van der Waals surface area contributed by atoms with Crippen LogP contribution in [0.25, 0.3) is 0 Å². The summed E-state index contributed by atoms with van der Waals surface area (Å²) < 4.78 is 24.9. The summed E-state index contributed by atoms with van der Waals surface area (Å²) in [6.07, 6.45) is 2.24. The van der Waals surface area contributed by atoms with Crippen molar-refractivity contribution in [3.8, 4) is 0 Å². The second-order valence-corrected chi connectivity index (χ2v) is 6.61. The van der Waals surface area contributed by atoms with Crippen molar-refractivity contribution >= 4 is 10.0 Å². The molecule has 0 saturated carbocycles. The third-order valence-corrected chi connectivity index (χ3v) is 4.15. The van der Waals surface area contributed by atoms with Crippen LogP contribution in [0.2, 0.25) is 0 Å². The molecule has 1 heterocycles. The summed E-state index contributed by atoms with van der Waals surface area (Å²) in [4.78, 5) is 0. The van der Waals surface area contributed by atoms with E-state index in [9.17, 15) is 8.42 Å². The molecule has 0 aromatic carbocycles. The molecule has 0 aromatic heterocycles. The first kappa shape index (κ1) is 10.9. The van der Waals surface area contributed by atoms with Crippen molar-refractivity contribution in [2.45, 2.75) is 12.5 Å². The van der Waals surface area contributed by atoms with Crippen LogP contribution < -0.4 is 0 Å². The van der Waals surface area contributed by atoms with E-state index in [1.807, 2.05) is 0 Å². The summed E-state index contributed by atoms with van der Waals surface area (Å²) >= 11 is 0. The molecule has 13 heavy (non-hydrogen) atoms. The van der Waals surface area contributed by atoms with Gasteiger partial charge in [-0.3, -0.25) is 0 Å². The topological polar surface area (TPSA) is 37.4 Å². The maximum atomic E-state index is 11.2. The lowest BCUT2D eigenvalue weighted by molar-refractivity contribution is -0.878. The van der Waals surface area contributed by atoms with E-state index in [1.165, 1.54) is 10.6 Å². The highest BCUT2D eigenvalue weighted by Gasteiger charge is 2.36. The van der Waals surface area contributed by atoms with Crippen LogP contribution in [0.5, 0.6) is 0 Å². The zero-order valence-corrected chi connectivity index (χ0v) is 9.63. The van der Waals surface area contributed by atoms with Gasteiger partial charge in [0.15, 0.2) is 0 Å². The van der Waals surface area contributed by atoms with E-state index in [2.05, 4.69) is 14.1 Å². The fraction of sp³-hybridized carbons (Fsp3) is 1.00. The SMILES string of the molecule is CN([C@H]1CC[N+](C)(C)C1)S(C)(=O)=O. The predicted molar refractivity (Wildman–Crippen MR) is 52.9 cm³/mol. The van der Waals surface area contributed by atoms with Crippen molar-refractivity contribution in [2.24, 2.45) is 0 Å². The standard InChI is InChI=1S/C8H19N2O2S/c1-9(13(4,11)12)8-5-6-10(2,3)7-8/h8H,5-7H2,1-4H3/q+1/t8-/m0/s1. The molecule has 0 aromatic rings. The molecule has 5 heteroatoms. The Hall–Kier alpha value is -0.130. The number of nitrogens with zero attached hydrogens (tertiary/aromatic N) is 2. The minimum Gasteiger partial charge on any atom is -0.327 e. The fourth-order valence-electron chi connectivity index (χ4n) is 1.82. The Morgan fingerprint density at radius 2 is 1.92 bits per heavy atom. The number of likely N-dealkylation sites (N-methyl/N-ethyl adjacent to an activating group) is 2. The van der Waals surface area contributed by atoms with E-state index in [0.29, 0.717) is 0 Å². The number of rotatable bonds is 2. The van der Waals surface area contributed by atoms with Gasteiger partial charge < -0.3 is 4.48 Å². The summed E-state index contributed by atoms with van der Waals surface area (Å²) in [5.74, 6) is 0. The molecular weight excluding hydrogens is 188 g/mol. The molecule has 1 saturated heterocycles. The first-order chi connectivity index (χ1) is 5.72. The first-order valence-corrected chi connectivity index (χ1v) is 6.32. The van der Waals surface area contributed by atoms with E-state index in [0.717, 1.165) is 24.0 Å². The Balaban J connectivity index is 2.67. The molecule has 1 aliphatic rings. The average Bonchev–Trinajstić information content (AvgIpc) is 2.26. The molecule has 78 valence electrons. The summed E-state index contributed by atoms with van der Waals surface area (Å²) in [6.45, 7) is 1.98. The van der Waals surface area contributed by atoms with Crippen LogP contribution in [0.1, 0.15) is 6.42 Å². The van der Waals surface area contributed by atoms with E-state index < -0.39 is 10.0 Å². The third kappa shape index (κ3) is 2.65. The Morgan fingerprint density at radius 3 is 2.23 bits per heavy atom. The number of quaternary nitrogens is 1. The molecule has 0 bridgehead atoms. The van der Waals surface area contributed by atoms with Gasteiger partial charge in [-0.25, -0.2) is 8.42 Å². The predicted octanol–water partition coefficient (Wildman–Crippen LogP) is -0.273. The van der Waals surface area contributed by atoms with Crippen LogP contribution in [0.4, 0.5) is 0 Å². The van der Waals surface area contributed by atoms with Gasteiger partial charge in [0.25, 0.3) is 0 Å². The summed E-state index contributed by atoms with van der Waals surface area (Å²) in [5, 5.41) is 0. The molecule has 1 fully saturated rings. The van der Waals surface area contributed by atoms with Gasteiger partial charge in [-0.1, -0.05) is 0 Å². The highest BCUT2D eigenvalue weighted by Crippen LogP contribution is 2.19. The van der Waals surface area contributed by atoms with E-state index in [4.69, 9.17) is 0 Å². The highest BCUT2D eigenvalue weighted by molar-refractivity contribution is 7.88. The number of likely N-dealkylation sites (tertiary alicyclic amines) is 1. The quantitative estimate of drug-likeness (QED) is 0.584. The molecule has 1 atom stereocenters. The molecule has 0 radical (unpaired) electrons. The molecule has 1 rings (SSSR count). The van der Waals surface area contributed by atoms with Gasteiger partial charge in [0.1, 0.15) is 0 Å². The first-order valence-electron chi connectivity index (χ1n) is 4.47.